The van der Waals surface area contributed by atoms with Crippen LogP contribution in [0.4, 0.5) is 15.0 Å². The van der Waals surface area contributed by atoms with Crippen LogP contribution in [-0.2, 0) is 36.8 Å². The van der Waals surface area contributed by atoms with Crippen molar-refractivity contribution in [2.45, 2.75) is 105 Å². The second kappa shape index (κ2) is 18.1. The molecule has 0 spiro atoms. The smallest absolute Gasteiger partial charge is 0.414 e. The zero-order valence-electron chi connectivity index (χ0n) is 26.6. The number of carbonyl (C=O) groups is 3. The number of ether oxygens (including phenoxy) is 3. The molecule has 1 amide bonds. The number of esters is 1. The monoisotopic (exact) mass is 601 g/mol. The van der Waals surface area contributed by atoms with Gasteiger partial charge in [0, 0.05) is 23.2 Å². The van der Waals surface area contributed by atoms with Crippen LogP contribution >= 0.6 is 0 Å². The Hall–Kier alpha value is -3.62. The van der Waals surface area contributed by atoms with E-state index in [9.17, 15) is 18.9 Å². The molecule has 0 fully saturated rings. The summed E-state index contributed by atoms with van der Waals surface area (Å²) in [7, 11) is 0. The van der Waals surface area contributed by atoms with Crippen LogP contribution in [0.2, 0.25) is 0 Å². The van der Waals surface area contributed by atoms with Gasteiger partial charge in [-0.15, -0.1) is 0 Å². The zero-order chi connectivity index (χ0) is 31.8. The second-order valence-electron chi connectivity index (χ2n) is 11.7. The van der Waals surface area contributed by atoms with Gasteiger partial charge in [-0.2, -0.15) is 0 Å². The summed E-state index contributed by atoms with van der Waals surface area (Å²) in [5.41, 5.74) is 4.48. The van der Waals surface area contributed by atoms with Crippen molar-refractivity contribution in [3.63, 3.8) is 0 Å². The van der Waals surface area contributed by atoms with E-state index in [1.165, 1.54) is 0 Å². The fourth-order valence-corrected chi connectivity index (χ4v) is 4.85. The number of nitrogens with zero attached hydrogens (tertiary/aromatic N) is 1. The van der Waals surface area contributed by atoms with E-state index in [1.807, 2.05) is 65.0 Å². The largest absolute Gasteiger partial charge is 0.493 e. The second-order valence-corrected chi connectivity index (χ2v) is 11.7. The molecule has 0 bridgehead atoms. The molecule has 2 aromatic rings. The Morgan fingerprint density at radius 2 is 1.56 bits per heavy atom. The highest BCUT2D eigenvalue weighted by Crippen LogP contribution is 2.27. The van der Waals surface area contributed by atoms with Gasteiger partial charge < -0.3 is 14.2 Å². The first-order valence-electron chi connectivity index (χ1n) is 15.2. The van der Waals surface area contributed by atoms with Crippen molar-refractivity contribution >= 4 is 23.7 Å². The van der Waals surface area contributed by atoms with Gasteiger partial charge in [-0.3, -0.25) is 14.6 Å². The molecule has 0 aliphatic rings. The third kappa shape index (κ3) is 13.5. The summed E-state index contributed by atoms with van der Waals surface area (Å²) in [4.78, 5) is 41.2. The predicted molar refractivity (Wildman–Crippen MR) is 165 cm³/mol. The quantitative estimate of drug-likeness (QED) is 0.134. The van der Waals surface area contributed by atoms with Crippen LogP contribution in [0.25, 0.3) is 0 Å². The van der Waals surface area contributed by atoms with Crippen molar-refractivity contribution in [1.29, 1.82) is 0 Å². The van der Waals surface area contributed by atoms with Gasteiger partial charge in [-0.25, -0.2) is 9.59 Å². The fraction of sp³-hybridized carbons (Fsp3) is 0.559. The lowest BCUT2D eigenvalue weighted by molar-refractivity contribution is -0.183. The Kier molecular flexibility index (Phi) is 15.0. The van der Waals surface area contributed by atoms with Gasteiger partial charge in [0.05, 0.1) is 19.6 Å². The topological polar surface area (TPSA) is 91.4 Å². The number of unbranched alkanes of at least 4 members (excludes halogenated alkanes) is 3. The molecule has 43 heavy (non-hydrogen) atoms. The first kappa shape index (κ1) is 35.6. The number of anilines is 1. The summed E-state index contributed by atoms with van der Waals surface area (Å²) in [6.07, 6.45) is 5.03. The third-order valence-electron chi connectivity index (χ3n) is 6.69. The molecular weight excluding hydrogens is 553 g/mol. The lowest BCUT2D eigenvalue weighted by atomic mass is 9.96. The standard InChI is InChI=1S/C34H48FNO7/c1-7-40-31(37)19-18-29-27(15-12-16-30(29)41-21-13-17-32(38)43-35)14-10-8-9-11-20-36(33(39)42-34(4,5)6)28-23-25(2)22-26(3)24-28/h12,15-16,22-24H,7-11,13-14,17-21H2,1-6H3. The molecule has 0 atom stereocenters. The van der Waals surface area contributed by atoms with Crippen LogP contribution in [-0.4, -0.2) is 43.4 Å². The maximum Gasteiger partial charge on any atom is 0.414 e. The summed E-state index contributed by atoms with van der Waals surface area (Å²) in [5.74, 6) is -0.549. The predicted octanol–water partition coefficient (Wildman–Crippen LogP) is 7.93. The number of hydrogen-bond acceptors (Lipinski definition) is 7. The molecule has 0 aliphatic heterocycles. The van der Waals surface area contributed by atoms with E-state index in [0.717, 1.165) is 60.0 Å². The molecule has 0 saturated heterocycles. The van der Waals surface area contributed by atoms with E-state index >= 15 is 0 Å². The minimum Gasteiger partial charge on any atom is -0.493 e. The van der Waals surface area contributed by atoms with E-state index in [-0.39, 0.29) is 31.5 Å². The van der Waals surface area contributed by atoms with Gasteiger partial charge in [0.15, 0.2) is 0 Å². The third-order valence-corrected chi connectivity index (χ3v) is 6.69. The summed E-state index contributed by atoms with van der Waals surface area (Å²) in [6, 6.07) is 11.9. The van der Waals surface area contributed by atoms with Crippen molar-refractivity contribution in [2.24, 2.45) is 0 Å². The molecule has 0 saturated carbocycles. The van der Waals surface area contributed by atoms with Gasteiger partial charge in [-0.05, 0) is 114 Å². The molecule has 0 N–H and O–H groups in total. The van der Waals surface area contributed by atoms with Crippen molar-refractivity contribution in [3.05, 3.63) is 58.7 Å². The molecule has 0 aromatic heterocycles. The van der Waals surface area contributed by atoms with Gasteiger partial charge >= 0.3 is 18.0 Å². The van der Waals surface area contributed by atoms with E-state index in [2.05, 4.69) is 11.0 Å². The minimum absolute atomic E-state index is 0.0802. The number of carbonyl (C=O) groups excluding carboxylic acids is 3. The SMILES string of the molecule is CCOC(=O)CCc1c(CCCCCCN(C(=O)OC(C)(C)C)c2cc(C)cc(C)c2)cccc1OCCCC(=O)OF. The Bertz CT molecular complexity index is 1170. The van der Waals surface area contributed by atoms with Crippen LogP contribution in [0.15, 0.2) is 36.4 Å². The van der Waals surface area contributed by atoms with Crippen LogP contribution in [0.3, 0.4) is 0 Å². The highest BCUT2D eigenvalue weighted by molar-refractivity contribution is 5.88. The van der Waals surface area contributed by atoms with Crippen LogP contribution in [0.5, 0.6) is 5.75 Å². The fourth-order valence-electron chi connectivity index (χ4n) is 4.85. The Morgan fingerprint density at radius 3 is 2.21 bits per heavy atom. The molecule has 2 aromatic carbocycles. The van der Waals surface area contributed by atoms with Crippen LogP contribution < -0.4 is 9.64 Å². The lowest BCUT2D eigenvalue weighted by Crippen LogP contribution is -2.37. The van der Waals surface area contributed by atoms with Crippen molar-refractivity contribution in [2.75, 3.05) is 24.7 Å². The molecule has 8 nitrogen and oxygen atoms in total. The first-order chi connectivity index (χ1) is 20.4. The van der Waals surface area contributed by atoms with Gasteiger partial charge in [0.2, 0.25) is 0 Å². The van der Waals surface area contributed by atoms with Crippen molar-refractivity contribution in [1.82, 2.24) is 0 Å². The van der Waals surface area contributed by atoms with E-state index in [1.54, 1.807) is 11.8 Å². The summed E-state index contributed by atoms with van der Waals surface area (Å²) in [5, 5.41) is 0. The molecule has 9 heteroatoms. The zero-order valence-corrected chi connectivity index (χ0v) is 26.6. The highest BCUT2D eigenvalue weighted by Gasteiger charge is 2.23. The number of amides is 1. The van der Waals surface area contributed by atoms with Crippen LogP contribution in [0.1, 0.15) is 94.9 Å². The Labute approximate surface area is 255 Å². The van der Waals surface area contributed by atoms with Gasteiger partial charge in [0.1, 0.15) is 11.4 Å². The molecular formula is C34H48FNO7. The average molecular weight is 602 g/mol. The van der Waals surface area contributed by atoms with Gasteiger partial charge in [0.25, 0.3) is 0 Å². The Balaban J connectivity index is 2.00. The summed E-state index contributed by atoms with van der Waals surface area (Å²) in [6.45, 7) is 12.5. The minimum atomic E-state index is -0.928. The molecule has 0 heterocycles. The van der Waals surface area contributed by atoms with Crippen molar-refractivity contribution < 1.29 is 38.1 Å². The lowest BCUT2D eigenvalue weighted by Gasteiger charge is -2.28. The van der Waals surface area contributed by atoms with Gasteiger partial charge in [-0.1, -0.05) is 31.0 Å². The molecule has 0 aliphatic carbocycles. The maximum absolute atomic E-state index is 13.1. The molecule has 0 radical (unpaired) electrons. The number of hydrogen-bond donors (Lipinski definition) is 0. The van der Waals surface area contributed by atoms with Crippen molar-refractivity contribution in [3.8, 4) is 5.75 Å². The van der Waals surface area contributed by atoms with E-state index < -0.39 is 11.6 Å². The summed E-state index contributed by atoms with van der Waals surface area (Å²) >= 11 is 0. The number of aryl methyl sites for hydroxylation is 3. The van der Waals surface area contributed by atoms with E-state index in [4.69, 9.17) is 14.2 Å². The molecule has 238 valence electrons. The first-order valence-corrected chi connectivity index (χ1v) is 15.2. The number of rotatable bonds is 17. The van der Waals surface area contributed by atoms with Crippen LogP contribution in [0, 0.1) is 13.8 Å². The van der Waals surface area contributed by atoms with E-state index in [0.29, 0.717) is 31.7 Å². The summed E-state index contributed by atoms with van der Waals surface area (Å²) < 4.78 is 28.7. The Morgan fingerprint density at radius 1 is 0.860 bits per heavy atom. The average Bonchev–Trinajstić information content (AvgIpc) is 2.92. The maximum atomic E-state index is 13.1. The highest BCUT2D eigenvalue weighted by atomic mass is 19.3. The number of halogens is 1. The molecule has 2 rings (SSSR count). The normalized spacial score (nSPS) is 11.1. The molecule has 0 unspecified atom stereocenters. The number of benzene rings is 2.